The van der Waals surface area contributed by atoms with Gasteiger partial charge in [0.15, 0.2) is 5.69 Å². The van der Waals surface area contributed by atoms with Crippen LogP contribution in [0.4, 0.5) is 5.69 Å². The maximum atomic E-state index is 11.9. The molecule has 23 heavy (non-hydrogen) atoms. The van der Waals surface area contributed by atoms with Crippen LogP contribution in [0.1, 0.15) is 10.5 Å². The third kappa shape index (κ3) is 2.71. The molecule has 2 heterocycles. The summed E-state index contributed by atoms with van der Waals surface area (Å²) in [6, 6.07) is 7.33. The van der Waals surface area contributed by atoms with E-state index in [1.807, 2.05) is 18.2 Å². The van der Waals surface area contributed by atoms with Crippen molar-refractivity contribution in [1.82, 2.24) is 14.5 Å². The molecule has 7 nitrogen and oxygen atoms in total. The molecule has 1 aromatic carbocycles. The van der Waals surface area contributed by atoms with Crippen molar-refractivity contribution >= 4 is 22.5 Å². The van der Waals surface area contributed by atoms with Gasteiger partial charge in [-0.2, -0.15) is 0 Å². The second-order valence-electron chi connectivity index (χ2n) is 4.68. The molecule has 0 bridgehead atoms. The van der Waals surface area contributed by atoms with Crippen molar-refractivity contribution in [3.63, 3.8) is 0 Å². The normalized spacial score (nSPS) is 11.1. The summed E-state index contributed by atoms with van der Waals surface area (Å²) in [6.07, 6.45) is 5.83. The van der Waals surface area contributed by atoms with E-state index in [4.69, 9.17) is 0 Å². The predicted octanol–water partition coefficient (Wildman–Crippen LogP) is 3.25. The van der Waals surface area contributed by atoms with E-state index in [2.05, 4.69) is 26.8 Å². The van der Waals surface area contributed by atoms with Crippen LogP contribution in [-0.4, -0.2) is 25.5 Å². The average molecular weight is 307 g/mol. The molecule has 3 aromatic rings. The van der Waals surface area contributed by atoms with Gasteiger partial charge in [0.2, 0.25) is 5.88 Å². The Kier molecular flexibility index (Phi) is 3.92. The fraction of sp³-hybridized carbons (Fsp3) is 0.0625. The number of allylic oxidation sites excluding steroid dienone is 1. The van der Waals surface area contributed by atoms with Gasteiger partial charge in [0.25, 0.3) is 0 Å². The van der Waals surface area contributed by atoms with Gasteiger partial charge in [-0.05, 0) is 6.07 Å². The minimum absolute atomic E-state index is 0.0678. The van der Waals surface area contributed by atoms with E-state index in [9.17, 15) is 9.90 Å². The molecular weight excluding hydrogens is 294 g/mol. The van der Waals surface area contributed by atoms with Crippen LogP contribution in [0.2, 0.25) is 0 Å². The quantitative estimate of drug-likeness (QED) is 0.591. The highest BCUT2D eigenvalue weighted by atomic mass is 16.3. The number of nitrogens with zero attached hydrogens (tertiary/aromatic N) is 5. The lowest BCUT2D eigenvalue weighted by atomic mass is 10.2. The number of aromatic nitrogens is 3. The van der Waals surface area contributed by atoms with Gasteiger partial charge in [-0.1, -0.05) is 24.3 Å². The van der Waals surface area contributed by atoms with Gasteiger partial charge >= 0.3 is 5.91 Å². The number of azo groups is 1. The highest BCUT2D eigenvalue weighted by Gasteiger charge is 2.16. The minimum atomic E-state index is -0.627. The molecule has 0 aliphatic carbocycles. The lowest BCUT2D eigenvalue weighted by molar-refractivity contribution is 0.0990. The molecule has 0 aliphatic heterocycles. The van der Waals surface area contributed by atoms with Crippen LogP contribution < -0.4 is 0 Å². The number of para-hydroxylation sites is 1. The minimum Gasteiger partial charge on any atom is -0.493 e. The highest BCUT2D eigenvalue weighted by Crippen LogP contribution is 2.38. The van der Waals surface area contributed by atoms with E-state index >= 15 is 0 Å². The Bertz CT molecular complexity index is 899. The van der Waals surface area contributed by atoms with Crippen LogP contribution >= 0.6 is 0 Å². The number of aromatic hydroxyl groups is 1. The standard InChI is InChI=1S/C16H13N5O2/c1-2-9-21-13-6-4-3-5-11(13)14(16(21)23)19-20-15(22)12-10-17-7-8-18-12/h2-8,10,23H,1,9H2. The third-order valence-electron chi connectivity index (χ3n) is 3.25. The highest BCUT2D eigenvalue weighted by molar-refractivity contribution is 5.96. The summed E-state index contributed by atoms with van der Waals surface area (Å²) in [4.78, 5) is 19.6. The Morgan fingerprint density at radius 2 is 2.17 bits per heavy atom. The van der Waals surface area contributed by atoms with Crippen molar-refractivity contribution < 1.29 is 9.90 Å². The van der Waals surface area contributed by atoms with Gasteiger partial charge in [0.1, 0.15) is 5.69 Å². The zero-order valence-electron chi connectivity index (χ0n) is 12.1. The topological polar surface area (TPSA) is 92.7 Å². The first-order valence-electron chi connectivity index (χ1n) is 6.85. The van der Waals surface area contributed by atoms with Crippen LogP contribution in [0.3, 0.4) is 0 Å². The smallest absolute Gasteiger partial charge is 0.315 e. The van der Waals surface area contributed by atoms with Crippen molar-refractivity contribution in [2.45, 2.75) is 6.54 Å². The molecule has 1 N–H and O–H groups in total. The first-order valence-corrected chi connectivity index (χ1v) is 6.85. The van der Waals surface area contributed by atoms with Crippen LogP contribution in [0.5, 0.6) is 5.88 Å². The van der Waals surface area contributed by atoms with Crippen LogP contribution in [-0.2, 0) is 6.54 Å². The molecule has 0 atom stereocenters. The van der Waals surface area contributed by atoms with Gasteiger partial charge in [-0.25, -0.2) is 4.98 Å². The summed E-state index contributed by atoms with van der Waals surface area (Å²) in [5.41, 5.74) is 1.11. The fourth-order valence-corrected chi connectivity index (χ4v) is 2.24. The summed E-state index contributed by atoms with van der Waals surface area (Å²) in [6.45, 7) is 4.09. The molecule has 0 aliphatic rings. The first-order chi connectivity index (χ1) is 11.2. The Balaban J connectivity index is 2.03. The van der Waals surface area contributed by atoms with E-state index in [1.54, 1.807) is 16.7 Å². The number of hydrogen-bond acceptors (Lipinski definition) is 5. The van der Waals surface area contributed by atoms with Crippen molar-refractivity contribution in [1.29, 1.82) is 0 Å². The van der Waals surface area contributed by atoms with Gasteiger partial charge in [0.05, 0.1) is 11.7 Å². The van der Waals surface area contributed by atoms with Crippen molar-refractivity contribution in [2.24, 2.45) is 10.2 Å². The number of hydrogen-bond donors (Lipinski definition) is 1. The Hall–Kier alpha value is -3.35. The number of fused-ring (bicyclic) bond motifs is 1. The largest absolute Gasteiger partial charge is 0.493 e. The molecule has 0 saturated carbocycles. The molecule has 1 amide bonds. The molecule has 0 saturated heterocycles. The van der Waals surface area contributed by atoms with Crippen LogP contribution in [0, 0.1) is 0 Å². The molecule has 2 aromatic heterocycles. The third-order valence-corrected chi connectivity index (χ3v) is 3.25. The van der Waals surface area contributed by atoms with Crippen LogP contribution in [0.25, 0.3) is 10.9 Å². The molecule has 3 rings (SSSR count). The number of benzene rings is 1. The van der Waals surface area contributed by atoms with E-state index in [0.717, 1.165) is 5.52 Å². The monoisotopic (exact) mass is 307 g/mol. The molecule has 0 unspecified atom stereocenters. The average Bonchev–Trinajstić information content (AvgIpc) is 2.86. The maximum absolute atomic E-state index is 11.9. The van der Waals surface area contributed by atoms with Crippen molar-refractivity contribution in [2.75, 3.05) is 0 Å². The summed E-state index contributed by atoms with van der Waals surface area (Å²) >= 11 is 0. The lowest BCUT2D eigenvalue weighted by Gasteiger charge is -2.01. The zero-order chi connectivity index (χ0) is 16.2. The summed E-state index contributed by atoms with van der Waals surface area (Å²) < 4.78 is 1.64. The lowest BCUT2D eigenvalue weighted by Crippen LogP contribution is -1.97. The second kappa shape index (κ2) is 6.18. The number of rotatable bonds is 4. The SMILES string of the molecule is C=CCn1c(O)c(N=NC(=O)c2cnccn2)c2ccccc21. The van der Waals surface area contributed by atoms with Gasteiger partial charge in [-0.3, -0.25) is 9.78 Å². The van der Waals surface area contributed by atoms with E-state index in [-0.39, 0.29) is 17.3 Å². The fourth-order valence-electron chi connectivity index (χ4n) is 2.24. The number of carbonyl (C=O) groups is 1. The molecule has 114 valence electrons. The molecular formula is C16H13N5O2. The maximum Gasteiger partial charge on any atom is 0.315 e. The summed E-state index contributed by atoms with van der Waals surface area (Å²) in [5.74, 6) is -0.695. The molecule has 0 spiro atoms. The van der Waals surface area contributed by atoms with Gasteiger partial charge in [0, 0.05) is 24.3 Å². The zero-order valence-corrected chi connectivity index (χ0v) is 12.1. The Morgan fingerprint density at radius 3 is 2.91 bits per heavy atom. The number of amides is 1. The second-order valence-corrected chi connectivity index (χ2v) is 4.68. The molecule has 7 heteroatoms. The van der Waals surface area contributed by atoms with Crippen molar-refractivity contribution in [3.05, 3.63) is 61.2 Å². The van der Waals surface area contributed by atoms with Crippen LogP contribution in [0.15, 0.2) is 65.7 Å². The predicted molar refractivity (Wildman–Crippen MR) is 84.7 cm³/mol. The number of carbonyl (C=O) groups excluding carboxylic acids is 1. The van der Waals surface area contributed by atoms with E-state index < -0.39 is 5.91 Å². The Labute approximate surface area is 131 Å². The van der Waals surface area contributed by atoms with Gasteiger partial charge in [-0.15, -0.1) is 16.8 Å². The molecule has 0 fully saturated rings. The van der Waals surface area contributed by atoms with Gasteiger partial charge < -0.3 is 9.67 Å². The summed E-state index contributed by atoms with van der Waals surface area (Å²) in [5, 5.41) is 18.6. The Morgan fingerprint density at radius 1 is 1.35 bits per heavy atom. The summed E-state index contributed by atoms with van der Waals surface area (Å²) in [7, 11) is 0. The van der Waals surface area contributed by atoms with Crippen molar-refractivity contribution in [3.8, 4) is 5.88 Å². The van der Waals surface area contributed by atoms with E-state index in [0.29, 0.717) is 11.9 Å². The molecule has 0 radical (unpaired) electrons. The first kappa shape index (κ1) is 14.6. The van der Waals surface area contributed by atoms with E-state index in [1.165, 1.54) is 18.6 Å².